The second-order valence-corrected chi connectivity index (χ2v) is 13.0. The molecule has 1 aliphatic rings. The van der Waals surface area contributed by atoms with Gasteiger partial charge in [-0.2, -0.15) is 0 Å². The lowest BCUT2D eigenvalue weighted by atomic mass is 9.99. The molecule has 1 fully saturated rings. The zero-order valence-electron chi connectivity index (χ0n) is 28.9. The molecule has 45 heavy (non-hydrogen) atoms. The van der Waals surface area contributed by atoms with Crippen molar-refractivity contribution in [2.75, 3.05) is 26.4 Å². The van der Waals surface area contributed by atoms with Gasteiger partial charge in [-0.3, -0.25) is 4.79 Å². The van der Waals surface area contributed by atoms with Crippen LogP contribution in [0.3, 0.4) is 0 Å². The first-order chi connectivity index (χ1) is 21.9. The van der Waals surface area contributed by atoms with E-state index in [1.54, 1.807) is 0 Å². The number of ether oxygens (including phenoxy) is 4. The zero-order valence-corrected chi connectivity index (χ0v) is 28.9. The average Bonchev–Trinajstić information content (AvgIpc) is 3.04. The molecule has 1 saturated heterocycles. The lowest BCUT2D eigenvalue weighted by molar-refractivity contribution is -0.305. The second kappa shape index (κ2) is 29.3. The molecule has 6 atom stereocenters. The molecule has 0 aromatic heterocycles. The highest BCUT2D eigenvalue weighted by atomic mass is 16.7. The van der Waals surface area contributed by atoms with Gasteiger partial charge in [0.2, 0.25) is 0 Å². The third-order valence-electron chi connectivity index (χ3n) is 8.77. The largest absolute Gasteiger partial charge is 0.457 e. The van der Waals surface area contributed by atoms with E-state index in [2.05, 4.69) is 13.8 Å². The van der Waals surface area contributed by atoms with Gasteiger partial charge in [0.1, 0.15) is 30.5 Å². The van der Waals surface area contributed by atoms with Gasteiger partial charge in [-0.05, 0) is 12.8 Å². The van der Waals surface area contributed by atoms with Gasteiger partial charge < -0.3 is 39.4 Å². The Balaban J connectivity index is 2.34. The second-order valence-electron chi connectivity index (χ2n) is 13.0. The van der Waals surface area contributed by atoms with Crippen molar-refractivity contribution in [3.63, 3.8) is 0 Å². The van der Waals surface area contributed by atoms with Crippen LogP contribution in [-0.2, 0) is 23.7 Å². The molecule has 0 bridgehead atoms. The maximum Gasteiger partial charge on any atom is 0.306 e. The highest BCUT2D eigenvalue weighted by Gasteiger charge is 2.44. The molecule has 1 rings (SSSR count). The molecule has 0 aliphatic carbocycles. The number of esters is 1. The minimum atomic E-state index is -1.53. The summed E-state index contributed by atoms with van der Waals surface area (Å²) in [6.45, 7) is 4.55. The topological polar surface area (TPSA) is 135 Å². The third-order valence-corrected chi connectivity index (χ3v) is 8.77. The number of unbranched alkanes of at least 4 members (excludes halogenated alkanes) is 20. The Labute approximate surface area is 274 Å². The SMILES string of the molecule is CCCCCCCCCCCCCCOCC(COC1OC(CO)C(O)C(O)C1O)OC(=O)CCCCCCCCCCCC. The van der Waals surface area contributed by atoms with Crippen molar-refractivity contribution in [2.45, 2.75) is 198 Å². The summed E-state index contributed by atoms with van der Waals surface area (Å²) >= 11 is 0. The van der Waals surface area contributed by atoms with Crippen LogP contribution in [0.5, 0.6) is 0 Å². The van der Waals surface area contributed by atoms with Crippen LogP contribution < -0.4 is 0 Å². The molecule has 0 radical (unpaired) electrons. The van der Waals surface area contributed by atoms with Crippen LogP contribution in [0.4, 0.5) is 0 Å². The van der Waals surface area contributed by atoms with E-state index in [1.807, 2.05) is 0 Å². The summed E-state index contributed by atoms with van der Waals surface area (Å²) in [5.74, 6) is -0.314. The van der Waals surface area contributed by atoms with E-state index >= 15 is 0 Å². The first-order valence-corrected chi connectivity index (χ1v) is 18.6. The van der Waals surface area contributed by atoms with E-state index in [-0.39, 0.29) is 19.2 Å². The van der Waals surface area contributed by atoms with Gasteiger partial charge in [0.15, 0.2) is 6.29 Å². The summed E-state index contributed by atoms with van der Waals surface area (Å²) in [4.78, 5) is 12.6. The fraction of sp³-hybridized carbons (Fsp3) is 0.972. The minimum Gasteiger partial charge on any atom is -0.457 e. The van der Waals surface area contributed by atoms with Crippen LogP contribution in [0.1, 0.15) is 162 Å². The highest BCUT2D eigenvalue weighted by Crippen LogP contribution is 2.22. The molecular weight excluding hydrogens is 576 g/mol. The summed E-state index contributed by atoms with van der Waals surface area (Å²) in [7, 11) is 0. The normalized spacial score (nSPS) is 22.5. The predicted molar refractivity (Wildman–Crippen MR) is 178 cm³/mol. The number of rotatable bonds is 31. The van der Waals surface area contributed by atoms with E-state index in [1.165, 1.54) is 109 Å². The van der Waals surface area contributed by atoms with Gasteiger partial charge in [-0.25, -0.2) is 0 Å². The molecule has 9 heteroatoms. The summed E-state index contributed by atoms with van der Waals surface area (Å²) in [6, 6.07) is 0. The quantitative estimate of drug-likeness (QED) is 0.0477. The van der Waals surface area contributed by atoms with Crippen LogP contribution in [-0.4, -0.2) is 89.6 Å². The molecule has 0 aromatic rings. The van der Waals surface area contributed by atoms with Crippen molar-refractivity contribution in [1.29, 1.82) is 0 Å². The van der Waals surface area contributed by atoms with Crippen molar-refractivity contribution in [3.05, 3.63) is 0 Å². The number of carbonyl (C=O) groups excluding carboxylic acids is 1. The molecule has 1 aliphatic heterocycles. The van der Waals surface area contributed by atoms with Gasteiger partial charge in [0, 0.05) is 13.0 Å². The fourth-order valence-electron chi connectivity index (χ4n) is 5.78. The van der Waals surface area contributed by atoms with Gasteiger partial charge >= 0.3 is 5.97 Å². The third kappa shape index (κ3) is 21.6. The van der Waals surface area contributed by atoms with E-state index < -0.39 is 43.4 Å². The van der Waals surface area contributed by atoms with Crippen molar-refractivity contribution in [3.8, 4) is 0 Å². The van der Waals surface area contributed by atoms with Crippen LogP contribution >= 0.6 is 0 Å². The predicted octanol–water partition coefficient (Wildman–Crippen LogP) is 6.74. The number of aliphatic hydroxyl groups excluding tert-OH is 4. The average molecular weight is 647 g/mol. The van der Waals surface area contributed by atoms with Gasteiger partial charge in [-0.15, -0.1) is 0 Å². The van der Waals surface area contributed by atoms with Crippen LogP contribution in [0.15, 0.2) is 0 Å². The molecule has 0 amide bonds. The number of carbonyl (C=O) groups is 1. The van der Waals surface area contributed by atoms with Gasteiger partial charge in [0.25, 0.3) is 0 Å². The number of aliphatic hydroxyl groups is 4. The molecule has 0 saturated carbocycles. The van der Waals surface area contributed by atoms with Crippen LogP contribution in [0.25, 0.3) is 0 Å². The molecule has 9 nitrogen and oxygen atoms in total. The van der Waals surface area contributed by atoms with Gasteiger partial charge in [0.05, 0.1) is 19.8 Å². The first kappa shape index (κ1) is 42.2. The smallest absolute Gasteiger partial charge is 0.306 e. The van der Waals surface area contributed by atoms with Gasteiger partial charge in [-0.1, -0.05) is 142 Å². The first-order valence-electron chi connectivity index (χ1n) is 18.6. The molecule has 268 valence electrons. The van der Waals surface area contributed by atoms with Crippen LogP contribution in [0, 0.1) is 0 Å². The Hall–Kier alpha value is -0.810. The Morgan fingerprint density at radius 3 is 1.58 bits per heavy atom. The highest BCUT2D eigenvalue weighted by molar-refractivity contribution is 5.69. The van der Waals surface area contributed by atoms with E-state index in [9.17, 15) is 25.2 Å². The lowest BCUT2D eigenvalue weighted by Crippen LogP contribution is -2.59. The summed E-state index contributed by atoms with van der Waals surface area (Å²) < 4.78 is 22.6. The summed E-state index contributed by atoms with van der Waals surface area (Å²) in [5, 5.41) is 39.8. The summed E-state index contributed by atoms with van der Waals surface area (Å²) in [5.41, 5.74) is 0. The van der Waals surface area contributed by atoms with Crippen molar-refractivity contribution >= 4 is 5.97 Å². The van der Waals surface area contributed by atoms with E-state index in [0.29, 0.717) is 13.0 Å². The molecule has 4 N–H and O–H groups in total. The number of hydrogen-bond acceptors (Lipinski definition) is 9. The Morgan fingerprint density at radius 1 is 0.622 bits per heavy atom. The minimum absolute atomic E-state index is 0.106. The lowest BCUT2D eigenvalue weighted by Gasteiger charge is -2.39. The van der Waals surface area contributed by atoms with E-state index in [4.69, 9.17) is 18.9 Å². The van der Waals surface area contributed by atoms with Crippen LogP contribution in [0.2, 0.25) is 0 Å². The Bertz CT molecular complexity index is 662. The molecule has 0 aromatic carbocycles. The standard InChI is InChI=1S/C36H70O9/c1-3-5-7-9-11-13-15-16-18-20-22-24-26-42-28-30(29-43-36-35(41)34(40)33(39)31(27-37)45-36)44-32(38)25-23-21-19-17-14-12-10-8-6-4-2/h30-31,33-37,39-41H,3-29H2,1-2H3. The maximum atomic E-state index is 12.6. The maximum absolute atomic E-state index is 12.6. The monoisotopic (exact) mass is 647 g/mol. The van der Waals surface area contributed by atoms with E-state index in [0.717, 1.165) is 32.1 Å². The van der Waals surface area contributed by atoms with Crippen molar-refractivity contribution in [2.24, 2.45) is 0 Å². The Morgan fingerprint density at radius 2 is 1.09 bits per heavy atom. The Kier molecular flexibility index (Phi) is 27.5. The number of hydrogen-bond donors (Lipinski definition) is 4. The molecule has 0 spiro atoms. The molecule has 6 unspecified atom stereocenters. The molecular formula is C36H70O9. The van der Waals surface area contributed by atoms with Crippen molar-refractivity contribution in [1.82, 2.24) is 0 Å². The van der Waals surface area contributed by atoms with Crippen molar-refractivity contribution < 1.29 is 44.2 Å². The zero-order chi connectivity index (χ0) is 33.0. The fourth-order valence-corrected chi connectivity index (χ4v) is 5.78. The summed E-state index contributed by atoms with van der Waals surface area (Å²) in [6.07, 6.45) is 19.8. The molecule has 1 heterocycles.